The second-order valence-electron chi connectivity index (χ2n) is 3.77. The molecule has 0 atom stereocenters. The van der Waals surface area contributed by atoms with E-state index in [2.05, 4.69) is 38.7 Å². The Morgan fingerprint density at radius 1 is 1.25 bits per heavy atom. The molecule has 0 unspecified atom stereocenters. The molecule has 80 valence electrons. The average molecular weight is 212 g/mol. The summed E-state index contributed by atoms with van der Waals surface area (Å²) >= 11 is 0. The van der Waals surface area contributed by atoms with Gasteiger partial charge in [0.05, 0.1) is 5.71 Å². The Kier molecular flexibility index (Phi) is 2.18. The van der Waals surface area contributed by atoms with E-state index >= 15 is 0 Å². The molecular formula is C12H12N4. The van der Waals surface area contributed by atoms with Crippen molar-refractivity contribution in [2.75, 3.05) is 5.43 Å². The molecule has 0 fully saturated rings. The second kappa shape index (κ2) is 3.81. The molecule has 0 saturated carbocycles. The third-order valence-electron chi connectivity index (χ3n) is 2.75. The molecule has 0 amide bonds. The van der Waals surface area contributed by atoms with E-state index < -0.39 is 0 Å². The summed E-state index contributed by atoms with van der Waals surface area (Å²) in [7, 11) is 0. The summed E-state index contributed by atoms with van der Waals surface area (Å²) in [6.45, 7) is 0. The monoisotopic (exact) mass is 212 g/mol. The molecule has 0 bridgehead atoms. The van der Waals surface area contributed by atoms with E-state index in [9.17, 15) is 0 Å². The van der Waals surface area contributed by atoms with Crippen LogP contribution in [0.5, 0.6) is 0 Å². The molecule has 16 heavy (non-hydrogen) atoms. The van der Waals surface area contributed by atoms with E-state index in [0.29, 0.717) is 5.95 Å². The first-order chi connectivity index (χ1) is 7.93. The second-order valence-corrected chi connectivity index (χ2v) is 3.77. The van der Waals surface area contributed by atoms with E-state index in [4.69, 9.17) is 0 Å². The van der Waals surface area contributed by atoms with Crippen molar-refractivity contribution in [2.45, 2.75) is 12.8 Å². The van der Waals surface area contributed by atoms with Gasteiger partial charge in [-0.05, 0) is 18.4 Å². The minimum Gasteiger partial charge on any atom is -0.330 e. The molecule has 0 radical (unpaired) electrons. The molecule has 1 aromatic heterocycles. The van der Waals surface area contributed by atoms with Crippen LogP contribution in [0.4, 0.5) is 5.95 Å². The number of aromatic nitrogens is 2. The van der Waals surface area contributed by atoms with Crippen molar-refractivity contribution in [3.63, 3.8) is 0 Å². The number of imidazole rings is 1. The van der Waals surface area contributed by atoms with Crippen LogP contribution < -0.4 is 5.43 Å². The molecule has 4 heteroatoms. The van der Waals surface area contributed by atoms with Crippen molar-refractivity contribution in [2.24, 2.45) is 5.10 Å². The first-order valence-electron chi connectivity index (χ1n) is 5.34. The van der Waals surface area contributed by atoms with Crippen LogP contribution in [0.3, 0.4) is 0 Å². The van der Waals surface area contributed by atoms with Crippen molar-refractivity contribution in [1.82, 2.24) is 9.97 Å². The smallest absolute Gasteiger partial charge is 0.220 e. The van der Waals surface area contributed by atoms with Crippen LogP contribution in [0.2, 0.25) is 0 Å². The maximum Gasteiger partial charge on any atom is 0.220 e. The van der Waals surface area contributed by atoms with Crippen molar-refractivity contribution in [1.29, 1.82) is 0 Å². The number of anilines is 1. The number of benzene rings is 1. The lowest BCUT2D eigenvalue weighted by Crippen LogP contribution is -2.00. The number of nitrogens with zero attached hydrogens (tertiary/aromatic N) is 2. The van der Waals surface area contributed by atoms with E-state index in [1.54, 1.807) is 12.4 Å². The number of aryl methyl sites for hydroxylation is 1. The van der Waals surface area contributed by atoms with Gasteiger partial charge < -0.3 is 4.98 Å². The zero-order chi connectivity index (χ0) is 10.8. The Morgan fingerprint density at radius 2 is 2.19 bits per heavy atom. The molecule has 0 saturated heterocycles. The fraction of sp³-hybridized carbons (Fsp3) is 0.167. The topological polar surface area (TPSA) is 53.1 Å². The zero-order valence-electron chi connectivity index (χ0n) is 8.77. The number of hydrogen-bond donors (Lipinski definition) is 2. The van der Waals surface area contributed by atoms with Gasteiger partial charge in [0, 0.05) is 18.0 Å². The van der Waals surface area contributed by atoms with Crippen molar-refractivity contribution >= 4 is 11.7 Å². The predicted octanol–water partition coefficient (Wildman–Crippen LogP) is 2.17. The largest absolute Gasteiger partial charge is 0.330 e. The van der Waals surface area contributed by atoms with Crippen molar-refractivity contribution in [3.8, 4) is 0 Å². The van der Waals surface area contributed by atoms with Crippen LogP contribution in [0, 0.1) is 0 Å². The highest BCUT2D eigenvalue weighted by atomic mass is 15.4. The fourth-order valence-electron chi connectivity index (χ4n) is 1.97. The molecule has 1 heterocycles. The third-order valence-corrected chi connectivity index (χ3v) is 2.75. The lowest BCUT2D eigenvalue weighted by atomic mass is 10.1. The number of fused-ring (bicyclic) bond motifs is 1. The summed E-state index contributed by atoms with van der Waals surface area (Å²) in [5.41, 5.74) is 6.66. The van der Waals surface area contributed by atoms with Gasteiger partial charge in [0.25, 0.3) is 0 Å². The van der Waals surface area contributed by atoms with Gasteiger partial charge >= 0.3 is 0 Å². The number of hydrogen-bond acceptors (Lipinski definition) is 3. The number of rotatable bonds is 2. The van der Waals surface area contributed by atoms with Gasteiger partial charge in [-0.15, -0.1) is 0 Å². The number of aromatic amines is 1. The molecule has 1 aliphatic carbocycles. The number of hydrazone groups is 1. The normalized spacial score (nSPS) is 16.4. The van der Waals surface area contributed by atoms with Gasteiger partial charge in [-0.2, -0.15) is 5.10 Å². The minimum atomic E-state index is 0.678. The molecule has 2 aromatic rings. The van der Waals surface area contributed by atoms with Gasteiger partial charge in [-0.25, -0.2) is 10.4 Å². The molecule has 1 aromatic carbocycles. The summed E-state index contributed by atoms with van der Waals surface area (Å²) in [5.74, 6) is 0.678. The van der Waals surface area contributed by atoms with Gasteiger partial charge in [0.15, 0.2) is 0 Å². The molecule has 4 nitrogen and oxygen atoms in total. The van der Waals surface area contributed by atoms with Gasteiger partial charge in [-0.3, -0.25) is 0 Å². The summed E-state index contributed by atoms with van der Waals surface area (Å²) in [5, 5.41) is 4.38. The molecule has 0 aliphatic heterocycles. The highest BCUT2D eigenvalue weighted by Crippen LogP contribution is 2.21. The zero-order valence-corrected chi connectivity index (χ0v) is 8.77. The maximum atomic E-state index is 4.38. The van der Waals surface area contributed by atoms with Gasteiger partial charge in [-0.1, -0.05) is 24.3 Å². The summed E-state index contributed by atoms with van der Waals surface area (Å²) in [4.78, 5) is 7.02. The molecule has 1 aliphatic rings. The predicted molar refractivity (Wildman–Crippen MR) is 63.5 cm³/mol. The highest BCUT2D eigenvalue weighted by molar-refractivity contribution is 6.04. The third kappa shape index (κ3) is 1.58. The number of nitrogens with one attached hydrogen (secondary N) is 2. The van der Waals surface area contributed by atoms with E-state index in [-0.39, 0.29) is 0 Å². The van der Waals surface area contributed by atoms with E-state index in [0.717, 1.165) is 18.6 Å². The Labute approximate surface area is 93.4 Å². The lowest BCUT2D eigenvalue weighted by molar-refractivity contribution is 1.08. The SMILES string of the molecule is c1ccc2c(c1)CCC2=NNc1ncc[nH]1. The van der Waals surface area contributed by atoms with E-state index in [1.807, 2.05) is 6.07 Å². The molecular weight excluding hydrogens is 200 g/mol. The first-order valence-corrected chi connectivity index (χ1v) is 5.34. The van der Waals surface area contributed by atoms with Crippen molar-refractivity contribution < 1.29 is 0 Å². The quantitative estimate of drug-likeness (QED) is 0.749. The van der Waals surface area contributed by atoms with Crippen LogP contribution >= 0.6 is 0 Å². The fourth-order valence-corrected chi connectivity index (χ4v) is 1.97. The Hall–Kier alpha value is -2.10. The highest BCUT2D eigenvalue weighted by Gasteiger charge is 2.16. The summed E-state index contributed by atoms with van der Waals surface area (Å²) < 4.78 is 0. The van der Waals surface area contributed by atoms with Crippen LogP contribution in [0.15, 0.2) is 41.8 Å². The van der Waals surface area contributed by atoms with E-state index in [1.165, 1.54) is 11.1 Å². The number of H-pyrrole nitrogens is 1. The Bertz CT molecular complexity index is 514. The lowest BCUT2D eigenvalue weighted by Gasteiger charge is -2.00. The first kappa shape index (κ1) is 9.15. The summed E-state index contributed by atoms with van der Waals surface area (Å²) in [6, 6.07) is 8.39. The van der Waals surface area contributed by atoms with Crippen molar-refractivity contribution in [3.05, 3.63) is 47.8 Å². The van der Waals surface area contributed by atoms with Gasteiger partial charge in [0.2, 0.25) is 5.95 Å². The molecule has 3 rings (SSSR count). The van der Waals surface area contributed by atoms with Crippen LogP contribution in [0.25, 0.3) is 0 Å². The Balaban J connectivity index is 1.85. The van der Waals surface area contributed by atoms with Crippen LogP contribution in [0.1, 0.15) is 17.5 Å². The average Bonchev–Trinajstić information content (AvgIpc) is 2.96. The molecule has 0 spiro atoms. The van der Waals surface area contributed by atoms with Crippen LogP contribution in [-0.4, -0.2) is 15.7 Å². The minimum absolute atomic E-state index is 0.678. The molecule has 2 N–H and O–H groups in total. The maximum absolute atomic E-state index is 4.38. The Morgan fingerprint density at radius 3 is 3.06 bits per heavy atom. The summed E-state index contributed by atoms with van der Waals surface area (Å²) in [6.07, 6.45) is 5.54. The van der Waals surface area contributed by atoms with Gasteiger partial charge in [0.1, 0.15) is 0 Å². The standard InChI is InChI=1S/C12H12N4/c1-2-4-10-9(3-1)5-6-11(10)15-16-12-13-7-8-14-12/h1-4,7-8H,5-6H2,(H2,13,14,16). The van der Waals surface area contributed by atoms with Crippen LogP contribution in [-0.2, 0) is 6.42 Å².